The summed E-state index contributed by atoms with van der Waals surface area (Å²) in [5.41, 5.74) is 5.20. The maximum absolute atomic E-state index is 13.3. The van der Waals surface area contributed by atoms with Crippen LogP contribution in [-0.2, 0) is 27.5 Å². The Morgan fingerprint density at radius 2 is 1.49 bits per heavy atom. The average molecular weight is 578 g/mol. The fourth-order valence-corrected chi connectivity index (χ4v) is 5.09. The Bertz CT molecular complexity index is 1610. The molecule has 1 N–H and O–H groups in total. The van der Waals surface area contributed by atoms with Crippen LogP contribution in [0, 0.1) is 13.8 Å². The number of hydrogen-bond donors (Lipinski definition) is 1. The van der Waals surface area contributed by atoms with E-state index in [9.17, 15) is 14.7 Å². The molecule has 0 spiro atoms. The predicted molar refractivity (Wildman–Crippen MR) is 165 cm³/mol. The van der Waals surface area contributed by atoms with E-state index in [2.05, 4.69) is 0 Å². The molecule has 5 rings (SSSR count). The topological polar surface area (TPSA) is 85.3 Å². The zero-order valence-corrected chi connectivity index (χ0v) is 24.6. The van der Waals surface area contributed by atoms with Gasteiger partial charge < -0.3 is 24.2 Å². The van der Waals surface area contributed by atoms with Gasteiger partial charge >= 0.3 is 0 Å². The van der Waals surface area contributed by atoms with E-state index in [1.54, 1.807) is 18.2 Å². The highest BCUT2D eigenvalue weighted by molar-refractivity contribution is 6.46. The number of methoxy groups -OCH3 is 1. The van der Waals surface area contributed by atoms with E-state index in [4.69, 9.17) is 14.2 Å². The Morgan fingerprint density at radius 3 is 2.16 bits per heavy atom. The summed E-state index contributed by atoms with van der Waals surface area (Å²) in [5.74, 6) is -0.331. The van der Waals surface area contributed by atoms with Gasteiger partial charge in [-0.3, -0.25) is 9.59 Å². The van der Waals surface area contributed by atoms with E-state index >= 15 is 0 Å². The highest BCUT2D eigenvalue weighted by Gasteiger charge is 2.45. The van der Waals surface area contributed by atoms with Gasteiger partial charge in [0.2, 0.25) is 0 Å². The first kappa shape index (κ1) is 29.6. The highest BCUT2D eigenvalue weighted by Crippen LogP contribution is 2.40. The number of likely N-dealkylation sites (tertiary alicyclic amines) is 1. The number of carbonyl (C=O) groups excluding carboxylic acids is 2. The summed E-state index contributed by atoms with van der Waals surface area (Å²) in [4.78, 5) is 28.0. The molecule has 220 valence electrons. The number of aryl methyl sites for hydroxylation is 2. The molecule has 1 atom stereocenters. The highest BCUT2D eigenvalue weighted by atomic mass is 16.5. The Kier molecular flexibility index (Phi) is 9.23. The summed E-state index contributed by atoms with van der Waals surface area (Å²) in [6.07, 6.45) is 0. The second-order valence-electron chi connectivity index (χ2n) is 10.6. The normalized spacial score (nSPS) is 16.0. The van der Waals surface area contributed by atoms with Gasteiger partial charge in [-0.15, -0.1) is 0 Å². The van der Waals surface area contributed by atoms with Crippen molar-refractivity contribution in [3.05, 3.63) is 136 Å². The zero-order chi connectivity index (χ0) is 30.3. The Labute approximate surface area is 252 Å². The molecule has 7 heteroatoms. The number of benzene rings is 4. The Hall–Kier alpha value is -4.88. The van der Waals surface area contributed by atoms with Crippen LogP contribution >= 0.6 is 0 Å². The molecular weight excluding hydrogens is 542 g/mol. The number of rotatable bonds is 11. The molecular formula is C36H35NO6. The largest absolute Gasteiger partial charge is 0.507 e. The molecule has 0 aromatic heterocycles. The lowest BCUT2D eigenvalue weighted by Crippen LogP contribution is -2.32. The molecule has 1 fully saturated rings. The minimum Gasteiger partial charge on any atom is -0.507 e. The summed E-state index contributed by atoms with van der Waals surface area (Å²) in [7, 11) is 1.54. The maximum Gasteiger partial charge on any atom is 0.295 e. The van der Waals surface area contributed by atoms with Crippen LogP contribution in [0.5, 0.6) is 11.5 Å². The van der Waals surface area contributed by atoms with E-state index in [0.29, 0.717) is 35.8 Å². The summed E-state index contributed by atoms with van der Waals surface area (Å²) in [5, 5.41) is 11.5. The van der Waals surface area contributed by atoms with Gasteiger partial charge in [0.05, 0.1) is 18.2 Å². The zero-order valence-electron chi connectivity index (χ0n) is 24.6. The van der Waals surface area contributed by atoms with Crippen molar-refractivity contribution in [3.63, 3.8) is 0 Å². The fourth-order valence-electron chi connectivity index (χ4n) is 5.09. The van der Waals surface area contributed by atoms with Gasteiger partial charge in [-0.2, -0.15) is 0 Å². The number of nitrogens with zero attached hydrogens (tertiary/aromatic N) is 1. The molecule has 0 bridgehead atoms. The van der Waals surface area contributed by atoms with Crippen molar-refractivity contribution < 1.29 is 28.9 Å². The van der Waals surface area contributed by atoms with Crippen LogP contribution < -0.4 is 9.47 Å². The minimum absolute atomic E-state index is 0.0341. The summed E-state index contributed by atoms with van der Waals surface area (Å²) in [6, 6.07) is 29.7. The number of hydrogen-bond acceptors (Lipinski definition) is 6. The van der Waals surface area contributed by atoms with Crippen molar-refractivity contribution in [2.45, 2.75) is 33.1 Å². The van der Waals surface area contributed by atoms with Crippen LogP contribution in [0.4, 0.5) is 0 Å². The molecule has 4 aromatic rings. The van der Waals surface area contributed by atoms with Gasteiger partial charge in [-0.05, 0) is 66.4 Å². The first-order chi connectivity index (χ1) is 20.9. The number of aliphatic hydroxyl groups is 1. The van der Waals surface area contributed by atoms with E-state index in [1.807, 2.05) is 92.7 Å². The van der Waals surface area contributed by atoms with Crippen LogP contribution in [0.1, 0.15) is 39.4 Å². The lowest BCUT2D eigenvalue weighted by molar-refractivity contribution is -0.140. The fraction of sp³-hybridized carbons (Fsp3) is 0.222. The van der Waals surface area contributed by atoms with Crippen molar-refractivity contribution in [1.29, 1.82) is 0 Å². The maximum atomic E-state index is 13.3. The molecule has 0 aliphatic carbocycles. The smallest absolute Gasteiger partial charge is 0.295 e. The SMILES string of the molecule is COCCN1C(=O)C(=O)/C(=C(/O)c2ccc(OCc3ccccc3)c(C)c2)C1c1ccc(OCc2ccc(C)cc2)cc1. The van der Waals surface area contributed by atoms with E-state index in [-0.39, 0.29) is 24.5 Å². The monoisotopic (exact) mass is 577 g/mol. The van der Waals surface area contributed by atoms with Crippen molar-refractivity contribution >= 4 is 17.4 Å². The quantitative estimate of drug-likeness (QED) is 0.124. The van der Waals surface area contributed by atoms with Crippen LogP contribution in [0.2, 0.25) is 0 Å². The number of Topliss-reactive ketones (excluding diaryl/α,β-unsaturated/α-hetero) is 1. The third-order valence-electron chi connectivity index (χ3n) is 7.48. The third-order valence-corrected chi connectivity index (χ3v) is 7.48. The lowest BCUT2D eigenvalue weighted by atomic mass is 9.94. The lowest BCUT2D eigenvalue weighted by Gasteiger charge is -2.25. The van der Waals surface area contributed by atoms with Crippen LogP contribution in [0.15, 0.2) is 103 Å². The Balaban J connectivity index is 1.41. The first-order valence-corrected chi connectivity index (χ1v) is 14.2. The minimum atomic E-state index is -0.782. The van der Waals surface area contributed by atoms with E-state index < -0.39 is 17.7 Å². The van der Waals surface area contributed by atoms with Crippen LogP contribution in [0.25, 0.3) is 5.76 Å². The average Bonchev–Trinajstić information content (AvgIpc) is 3.28. The van der Waals surface area contributed by atoms with E-state index in [0.717, 1.165) is 16.7 Å². The van der Waals surface area contributed by atoms with Crippen molar-refractivity contribution in [2.24, 2.45) is 0 Å². The Morgan fingerprint density at radius 1 is 0.814 bits per heavy atom. The van der Waals surface area contributed by atoms with Crippen molar-refractivity contribution in [2.75, 3.05) is 20.3 Å². The molecule has 1 saturated heterocycles. The summed E-state index contributed by atoms with van der Waals surface area (Å²) in [6.45, 7) is 5.17. The van der Waals surface area contributed by atoms with Gasteiger partial charge in [0.15, 0.2) is 0 Å². The number of ketones is 1. The molecule has 1 unspecified atom stereocenters. The van der Waals surface area contributed by atoms with E-state index in [1.165, 1.54) is 17.6 Å². The molecule has 1 amide bonds. The van der Waals surface area contributed by atoms with Crippen molar-refractivity contribution in [1.82, 2.24) is 4.90 Å². The first-order valence-electron chi connectivity index (χ1n) is 14.2. The van der Waals surface area contributed by atoms with Crippen molar-refractivity contribution in [3.8, 4) is 11.5 Å². The third kappa shape index (κ3) is 6.79. The number of carbonyl (C=O) groups is 2. The molecule has 4 aromatic carbocycles. The second kappa shape index (κ2) is 13.4. The van der Waals surface area contributed by atoms with Crippen LogP contribution in [0.3, 0.4) is 0 Å². The summed E-state index contributed by atoms with van der Waals surface area (Å²) >= 11 is 0. The van der Waals surface area contributed by atoms with Crippen LogP contribution in [-0.4, -0.2) is 42.0 Å². The molecule has 1 aliphatic heterocycles. The molecule has 43 heavy (non-hydrogen) atoms. The second-order valence-corrected chi connectivity index (χ2v) is 10.6. The number of amides is 1. The number of aliphatic hydroxyl groups excluding tert-OH is 1. The van der Waals surface area contributed by atoms with Gasteiger partial charge in [0.1, 0.15) is 30.5 Å². The van der Waals surface area contributed by atoms with Gasteiger partial charge in [-0.1, -0.05) is 72.3 Å². The molecule has 1 heterocycles. The number of ether oxygens (including phenoxy) is 3. The molecule has 0 radical (unpaired) electrons. The van der Waals surface area contributed by atoms with Gasteiger partial charge in [-0.25, -0.2) is 0 Å². The van der Waals surface area contributed by atoms with Gasteiger partial charge in [0.25, 0.3) is 11.7 Å². The molecule has 7 nitrogen and oxygen atoms in total. The summed E-state index contributed by atoms with van der Waals surface area (Å²) < 4.78 is 17.2. The molecule has 1 aliphatic rings. The van der Waals surface area contributed by atoms with Gasteiger partial charge in [0, 0.05) is 19.2 Å². The molecule has 0 saturated carbocycles. The standard InChI is InChI=1S/C36H35NO6/c1-24-9-11-27(12-10-24)22-42-30-16-13-28(14-17-30)33-32(35(39)36(40)37(33)19-20-41-3)34(38)29-15-18-31(25(2)21-29)43-23-26-7-5-4-6-8-26/h4-18,21,33,38H,19-20,22-23H2,1-3H3/b34-32+. The predicted octanol–water partition coefficient (Wildman–Crippen LogP) is 6.53.